The molecule has 3 heterocycles. The molecule has 1 aliphatic carbocycles. The third-order valence-corrected chi connectivity index (χ3v) is 7.56. The largest absolute Gasteiger partial charge is 0.460 e. The van der Waals surface area contributed by atoms with Crippen molar-refractivity contribution in [2.45, 2.75) is 70.7 Å². The first-order valence-electron chi connectivity index (χ1n) is 12.6. The van der Waals surface area contributed by atoms with Crippen molar-refractivity contribution in [2.75, 3.05) is 31.1 Å². The number of anilines is 1. The summed E-state index contributed by atoms with van der Waals surface area (Å²) in [7, 11) is 0. The van der Waals surface area contributed by atoms with Gasteiger partial charge in [0.15, 0.2) is 0 Å². The monoisotopic (exact) mass is 482 g/mol. The maximum absolute atomic E-state index is 12.9. The van der Waals surface area contributed by atoms with Gasteiger partial charge in [0.2, 0.25) is 11.8 Å². The summed E-state index contributed by atoms with van der Waals surface area (Å²) < 4.78 is 5.52. The lowest BCUT2D eigenvalue weighted by Crippen LogP contribution is -2.55. The first kappa shape index (κ1) is 23.8. The summed E-state index contributed by atoms with van der Waals surface area (Å²) >= 11 is 0. The van der Waals surface area contributed by atoms with E-state index in [-0.39, 0.29) is 36.0 Å². The van der Waals surface area contributed by atoms with Crippen molar-refractivity contribution in [1.82, 2.24) is 15.1 Å². The van der Waals surface area contributed by atoms with Crippen LogP contribution >= 0.6 is 0 Å². The minimum Gasteiger partial charge on any atom is -0.460 e. The quantitative estimate of drug-likeness (QED) is 0.515. The molecule has 9 heteroatoms. The standard InChI is InChI=1S/C26H34N4O5/c1-26(2,3)35-25(34)16-12-19(13-16)29-10-8-28(9-11-29)18-4-5-20-17(14-18)15-30(24(20)33)21-6-7-22(31)27-23(21)32/h4-5,14,16,19,21H,6-13,15H2,1-3H3,(H,27,31,32). The van der Waals surface area contributed by atoms with Crippen molar-refractivity contribution in [3.63, 3.8) is 0 Å². The van der Waals surface area contributed by atoms with Crippen LogP contribution in [0.15, 0.2) is 18.2 Å². The van der Waals surface area contributed by atoms with Crippen LogP contribution < -0.4 is 10.2 Å². The van der Waals surface area contributed by atoms with E-state index in [1.54, 1.807) is 4.90 Å². The lowest BCUT2D eigenvalue weighted by atomic mass is 9.79. The smallest absolute Gasteiger partial charge is 0.309 e. The zero-order chi connectivity index (χ0) is 24.9. The van der Waals surface area contributed by atoms with Crippen LogP contribution in [0.4, 0.5) is 5.69 Å². The number of imide groups is 1. The molecule has 4 aliphatic rings. The summed E-state index contributed by atoms with van der Waals surface area (Å²) in [6.45, 7) is 9.75. The second kappa shape index (κ2) is 8.93. The van der Waals surface area contributed by atoms with Gasteiger partial charge >= 0.3 is 5.97 Å². The molecule has 188 valence electrons. The second-order valence-corrected chi connectivity index (χ2v) is 11.1. The van der Waals surface area contributed by atoms with Crippen LogP contribution in [-0.2, 0) is 25.7 Å². The summed E-state index contributed by atoms with van der Waals surface area (Å²) in [5.74, 6) is -0.872. The molecule has 9 nitrogen and oxygen atoms in total. The molecule has 3 aliphatic heterocycles. The van der Waals surface area contributed by atoms with Crippen molar-refractivity contribution in [2.24, 2.45) is 5.92 Å². The van der Waals surface area contributed by atoms with Crippen LogP contribution in [0.5, 0.6) is 0 Å². The van der Waals surface area contributed by atoms with Crippen LogP contribution in [0.2, 0.25) is 0 Å². The molecule has 1 N–H and O–H groups in total. The summed E-state index contributed by atoms with van der Waals surface area (Å²) in [5, 5.41) is 2.35. The fraction of sp³-hybridized carbons (Fsp3) is 0.615. The molecule has 35 heavy (non-hydrogen) atoms. The van der Waals surface area contributed by atoms with Crippen molar-refractivity contribution < 1.29 is 23.9 Å². The minimum atomic E-state index is -0.591. The highest BCUT2D eigenvalue weighted by atomic mass is 16.6. The van der Waals surface area contributed by atoms with E-state index in [1.807, 2.05) is 32.9 Å². The minimum absolute atomic E-state index is 0.0128. The topological polar surface area (TPSA) is 99.3 Å². The van der Waals surface area contributed by atoms with Gasteiger partial charge in [-0.3, -0.25) is 29.4 Å². The molecule has 0 spiro atoms. The van der Waals surface area contributed by atoms with Gasteiger partial charge in [-0.05, 0) is 63.8 Å². The Bertz CT molecular complexity index is 1050. The average Bonchev–Trinajstić information content (AvgIpc) is 3.07. The van der Waals surface area contributed by atoms with Crippen molar-refractivity contribution >= 4 is 29.4 Å². The molecule has 2 saturated heterocycles. The number of piperidine rings is 1. The highest BCUT2D eigenvalue weighted by molar-refractivity contribution is 6.05. The Balaban J connectivity index is 1.15. The van der Waals surface area contributed by atoms with Crippen LogP contribution in [0.1, 0.15) is 62.4 Å². The van der Waals surface area contributed by atoms with E-state index in [2.05, 4.69) is 21.2 Å². The fourth-order valence-corrected chi connectivity index (χ4v) is 5.57. The van der Waals surface area contributed by atoms with Gasteiger partial charge < -0.3 is 14.5 Å². The number of nitrogens with one attached hydrogen (secondary N) is 1. The number of amides is 3. The van der Waals surface area contributed by atoms with Gasteiger partial charge in [-0.25, -0.2) is 0 Å². The summed E-state index contributed by atoms with van der Waals surface area (Å²) in [5.41, 5.74) is 2.22. The fourth-order valence-electron chi connectivity index (χ4n) is 5.57. The van der Waals surface area contributed by atoms with Gasteiger partial charge in [0.25, 0.3) is 5.91 Å². The van der Waals surface area contributed by atoms with E-state index in [0.29, 0.717) is 24.6 Å². The van der Waals surface area contributed by atoms with E-state index < -0.39 is 11.6 Å². The lowest BCUT2D eigenvalue weighted by molar-refractivity contribution is -0.165. The van der Waals surface area contributed by atoms with Crippen LogP contribution in [-0.4, -0.2) is 77.4 Å². The van der Waals surface area contributed by atoms with E-state index in [1.165, 1.54) is 0 Å². The third kappa shape index (κ3) is 4.78. The van der Waals surface area contributed by atoms with E-state index in [9.17, 15) is 19.2 Å². The van der Waals surface area contributed by atoms with Gasteiger partial charge in [-0.2, -0.15) is 0 Å². The van der Waals surface area contributed by atoms with E-state index >= 15 is 0 Å². The Kier molecular flexibility index (Phi) is 6.07. The number of hydrogen-bond donors (Lipinski definition) is 1. The second-order valence-electron chi connectivity index (χ2n) is 11.1. The first-order chi connectivity index (χ1) is 16.6. The van der Waals surface area contributed by atoms with E-state index in [0.717, 1.165) is 50.3 Å². The van der Waals surface area contributed by atoms with Crippen molar-refractivity contribution in [1.29, 1.82) is 0 Å². The number of piperazine rings is 1. The van der Waals surface area contributed by atoms with Gasteiger partial charge in [-0.1, -0.05) is 0 Å². The molecule has 0 aromatic heterocycles. The molecular weight excluding hydrogens is 448 g/mol. The number of hydrogen-bond acceptors (Lipinski definition) is 7. The molecule has 5 rings (SSSR count). The molecule has 3 fully saturated rings. The zero-order valence-electron chi connectivity index (χ0n) is 20.7. The molecule has 3 amide bonds. The Morgan fingerprint density at radius 3 is 2.43 bits per heavy atom. The summed E-state index contributed by atoms with van der Waals surface area (Å²) in [4.78, 5) is 55.3. The highest BCUT2D eigenvalue weighted by Crippen LogP contribution is 2.35. The predicted octanol–water partition coefficient (Wildman–Crippen LogP) is 1.69. The SMILES string of the molecule is CC(C)(C)OC(=O)C1CC(N2CCN(c3ccc4c(c3)CN(C3CCC(=O)NC3=O)C4=O)CC2)C1. The first-order valence-corrected chi connectivity index (χ1v) is 12.6. The zero-order valence-corrected chi connectivity index (χ0v) is 20.7. The Hall–Kier alpha value is -2.94. The Morgan fingerprint density at radius 1 is 1.06 bits per heavy atom. The molecule has 1 aromatic rings. The Morgan fingerprint density at radius 2 is 1.77 bits per heavy atom. The summed E-state index contributed by atoms with van der Waals surface area (Å²) in [6.07, 6.45) is 2.36. The molecule has 1 atom stereocenters. The summed E-state index contributed by atoms with van der Waals surface area (Å²) in [6, 6.07) is 5.77. The number of carbonyl (C=O) groups excluding carboxylic acids is 4. The van der Waals surface area contributed by atoms with E-state index in [4.69, 9.17) is 4.74 Å². The number of ether oxygens (including phenoxy) is 1. The normalized spacial score (nSPS) is 27.4. The van der Waals surface area contributed by atoms with Gasteiger partial charge in [0.05, 0.1) is 5.92 Å². The number of esters is 1. The molecule has 1 aromatic carbocycles. The highest BCUT2D eigenvalue weighted by Gasteiger charge is 2.41. The van der Waals surface area contributed by atoms with Crippen LogP contribution in [0, 0.1) is 5.92 Å². The average molecular weight is 483 g/mol. The van der Waals surface area contributed by atoms with Gasteiger partial charge in [0.1, 0.15) is 11.6 Å². The predicted molar refractivity (Wildman–Crippen MR) is 129 cm³/mol. The number of benzene rings is 1. The number of fused-ring (bicyclic) bond motifs is 1. The van der Waals surface area contributed by atoms with Crippen molar-refractivity contribution in [3.8, 4) is 0 Å². The number of nitrogens with zero attached hydrogens (tertiary/aromatic N) is 3. The number of carbonyl (C=O) groups is 4. The molecule has 1 unspecified atom stereocenters. The van der Waals surface area contributed by atoms with Crippen LogP contribution in [0.3, 0.4) is 0 Å². The number of rotatable bonds is 4. The maximum atomic E-state index is 12.9. The third-order valence-electron chi connectivity index (χ3n) is 7.56. The van der Waals surface area contributed by atoms with Crippen molar-refractivity contribution in [3.05, 3.63) is 29.3 Å². The molecule has 1 saturated carbocycles. The maximum Gasteiger partial charge on any atom is 0.309 e. The Labute approximate surface area is 205 Å². The molecule has 0 bridgehead atoms. The van der Waals surface area contributed by atoms with Gasteiger partial charge in [-0.15, -0.1) is 0 Å². The van der Waals surface area contributed by atoms with Gasteiger partial charge in [0, 0.05) is 56.4 Å². The van der Waals surface area contributed by atoms with Crippen LogP contribution in [0.25, 0.3) is 0 Å². The molecular formula is C26H34N4O5. The molecule has 0 radical (unpaired) electrons. The lowest BCUT2D eigenvalue weighted by Gasteiger charge is -2.46.